The monoisotopic (exact) mass is 238 g/mol. The molecule has 0 aliphatic rings. The molecule has 18 heavy (non-hydrogen) atoms. The Labute approximate surface area is 109 Å². The van der Waals surface area contributed by atoms with Crippen molar-refractivity contribution in [3.8, 4) is 0 Å². The Morgan fingerprint density at radius 3 is 2.06 bits per heavy atom. The summed E-state index contributed by atoms with van der Waals surface area (Å²) in [5, 5.41) is 0. The molecule has 0 spiro atoms. The zero-order valence-corrected chi connectivity index (χ0v) is 11.1. The summed E-state index contributed by atoms with van der Waals surface area (Å²) in [6.45, 7) is 2.09. The molecule has 2 aromatic rings. The molecule has 0 saturated carbocycles. The maximum Gasteiger partial charge on any atom is 0.136 e. The van der Waals surface area contributed by atoms with Crippen LogP contribution in [0.25, 0.3) is 0 Å². The molecule has 2 heteroatoms. The summed E-state index contributed by atoms with van der Waals surface area (Å²) in [7, 11) is 4.03. The van der Waals surface area contributed by atoms with Crippen molar-refractivity contribution in [1.29, 1.82) is 0 Å². The lowest BCUT2D eigenvalue weighted by molar-refractivity contribution is 0.624. The molecule has 0 saturated heterocycles. The molecular weight excluding hydrogens is 220 g/mol. The number of hydrogen-bond donors (Lipinski definition) is 0. The lowest BCUT2D eigenvalue weighted by atomic mass is 10.1. The third-order valence-electron chi connectivity index (χ3n) is 2.72. The Morgan fingerprint density at radius 2 is 1.50 bits per heavy atom. The highest BCUT2D eigenvalue weighted by Crippen LogP contribution is 2.14. The van der Waals surface area contributed by atoms with Crippen LogP contribution in [0.4, 0.5) is 5.69 Å². The Kier molecular flexibility index (Phi) is 3.78. The van der Waals surface area contributed by atoms with Gasteiger partial charge in [0, 0.05) is 19.7 Å². The van der Waals surface area contributed by atoms with Crippen molar-refractivity contribution in [2.24, 2.45) is 4.99 Å². The number of nitrogens with zero attached hydrogens (tertiary/aromatic N) is 2. The Balaban J connectivity index is 2.40. The van der Waals surface area contributed by atoms with Gasteiger partial charge < -0.3 is 4.90 Å². The lowest BCUT2D eigenvalue weighted by Crippen LogP contribution is -2.22. The topological polar surface area (TPSA) is 15.6 Å². The van der Waals surface area contributed by atoms with Gasteiger partial charge in [-0.25, -0.2) is 4.99 Å². The number of benzene rings is 2. The van der Waals surface area contributed by atoms with E-state index in [1.54, 1.807) is 0 Å². The predicted octanol–water partition coefficient (Wildman–Crippen LogP) is 3.63. The fraction of sp³-hybridized carbons (Fsp3) is 0.188. The normalized spacial score (nSPS) is 11.4. The molecule has 0 aliphatic heterocycles. The van der Waals surface area contributed by atoms with Crippen molar-refractivity contribution in [2.45, 2.75) is 6.92 Å². The van der Waals surface area contributed by atoms with E-state index in [4.69, 9.17) is 4.99 Å². The Morgan fingerprint density at radius 1 is 0.889 bits per heavy atom. The van der Waals surface area contributed by atoms with Crippen molar-refractivity contribution in [3.63, 3.8) is 0 Å². The van der Waals surface area contributed by atoms with Gasteiger partial charge in [-0.2, -0.15) is 0 Å². The molecule has 0 heterocycles. The van der Waals surface area contributed by atoms with Gasteiger partial charge in [0.2, 0.25) is 0 Å². The van der Waals surface area contributed by atoms with E-state index in [1.165, 1.54) is 5.56 Å². The minimum atomic E-state index is 0.973. The number of rotatable bonds is 2. The highest BCUT2D eigenvalue weighted by molar-refractivity contribution is 6.00. The summed E-state index contributed by atoms with van der Waals surface area (Å²) in [5.74, 6) is 0.973. The maximum absolute atomic E-state index is 4.70. The molecule has 2 aromatic carbocycles. The number of amidine groups is 1. The number of para-hydroxylation sites is 1. The molecule has 0 atom stereocenters. The molecule has 0 fully saturated rings. The van der Waals surface area contributed by atoms with Gasteiger partial charge in [0.05, 0.1) is 5.69 Å². The van der Waals surface area contributed by atoms with Gasteiger partial charge in [-0.1, -0.05) is 48.0 Å². The zero-order valence-electron chi connectivity index (χ0n) is 11.1. The molecule has 2 rings (SSSR count). The summed E-state index contributed by atoms with van der Waals surface area (Å²) >= 11 is 0. The van der Waals surface area contributed by atoms with Gasteiger partial charge in [-0.3, -0.25) is 0 Å². The molecular formula is C16H18N2. The van der Waals surface area contributed by atoms with Gasteiger partial charge in [-0.15, -0.1) is 0 Å². The molecule has 0 aliphatic carbocycles. The molecule has 0 radical (unpaired) electrons. The fourth-order valence-electron chi connectivity index (χ4n) is 1.75. The van der Waals surface area contributed by atoms with Crippen LogP contribution in [0.15, 0.2) is 59.6 Å². The van der Waals surface area contributed by atoms with E-state index in [0.717, 1.165) is 17.1 Å². The van der Waals surface area contributed by atoms with Gasteiger partial charge >= 0.3 is 0 Å². The zero-order chi connectivity index (χ0) is 13.0. The van der Waals surface area contributed by atoms with Crippen LogP contribution < -0.4 is 0 Å². The van der Waals surface area contributed by atoms with Gasteiger partial charge in [0.15, 0.2) is 0 Å². The predicted molar refractivity (Wildman–Crippen MR) is 77.5 cm³/mol. The van der Waals surface area contributed by atoms with Crippen LogP contribution >= 0.6 is 0 Å². The van der Waals surface area contributed by atoms with Gasteiger partial charge in [0.1, 0.15) is 5.84 Å². The van der Waals surface area contributed by atoms with Crippen molar-refractivity contribution in [1.82, 2.24) is 4.90 Å². The SMILES string of the molecule is Cc1ccc(C(=Nc2ccccc2)N(C)C)cc1. The van der Waals surface area contributed by atoms with Crippen LogP contribution in [0.1, 0.15) is 11.1 Å². The second-order valence-corrected chi connectivity index (χ2v) is 4.53. The van der Waals surface area contributed by atoms with Crippen LogP contribution in [0.3, 0.4) is 0 Å². The van der Waals surface area contributed by atoms with Crippen molar-refractivity contribution in [2.75, 3.05) is 14.1 Å². The average molecular weight is 238 g/mol. The lowest BCUT2D eigenvalue weighted by Gasteiger charge is -2.16. The average Bonchev–Trinajstić information content (AvgIpc) is 2.38. The van der Waals surface area contributed by atoms with E-state index in [2.05, 4.69) is 31.2 Å². The molecule has 2 nitrogen and oxygen atoms in total. The quantitative estimate of drug-likeness (QED) is 0.576. The third-order valence-corrected chi connectivity index (χ3v) is 2.72. The standard InChI is InChI=1S/C16H18N2/c1-13-9-11-14(12-10-13)16(18(2)3)17-15-7-5-4-6-8-15/h4-12H,1-3H3. The molecule has 0 unspecified atom stereocenters. The van der Waals surface area contributed by atoms with Crippen LogP contribution in [-0.2, 0) is 0 Å². The number of aliphatic imine (C=N–C) groups is 1. The van der Waals surface area contributed by atoms with E-state index in [9.17, 15) is 0 Å². The highest BCUT2D eigenvalue weighted by Gasteiger charge is 2.05. The maximum atomic E-state index is 4.70. The smallest absolute Gasteiger partial charge is 0.136 e. The Hall–Kier alpha value is -2.09. The number of aryl methyl sites for hydroxylation is 1. The minimum absolute atomic E-state index is 0.973. The minimum Gasteiger partial charge on any atom is -0.362 e. The first-order chi connectivity index (χ1) is 8.66. The van der Waals surface area contributed by atoms with Crippen molar-refractivity contribution < 1.29 is 0 Å². The second-order valence-electron chi connectivity index (χ2n) is 4.53. The van der Waals surface area contributed by atoms with E-state index in [0.29, 0.717) is 0 Å². The fourth-order valence-corrected chi connectivity index (χ4v) is 1.75. The van der Waals surface area contributed by atoms with Crippen molar-refractivity contribution >= 4 is 11.5 Å². The van der Waals surface area contributed by atoms with Crippen LogP contribution in [0, 0.1) is 6.92 Å². The van der Waals surface area contributed by atoms with Crippen molar-refractivity contribution in [3.05, 3.63) is 65.7 Å². The van der Waals surface area contributed by atoms with E-state index < -0.39 is 0 Å². The molecule has 0 aromatic heterocycles. The first-order valence-electron chi connectivity index (χ1n) is 6.05. The van der Waals surface area contributed by atoms with E-state index in [1.807, 2.05) is 49.3 Å². The van der Waals surface area contributed by atoms with Gasteiger partial charge in [0.25, 0.3) is 0 Å². The summed E-state index contributed by atoms with van der Waals surface area (Å²) in [6.07, 6.45) is 0. The molecule has 0 N–H and O–H groups in total. The molecule has 92 valence electrons. The highest BCUT2D eigenvalue weighted by atomic mass is 15.1. The van der Waals surface area contributed by atoms with Crippen LogP contribution in [0.5, 0.6) is 0 Å². The van der Waals surface area contributed by atoms with Crippen LogP contribution in [0.2, 0.25) is 0 Å². The first kappa shape index (κ1) is 12.4. The largest absolute Gasteiger partial charge is 0.362 e. The third kappa shape index (κ3) is 2.98. The number of hydrogen-bond acceptors (Lipinski definition) is 1. The summed E-state index contributed by atoms with van der Waals surface area (Å²) in [5.41, 5.74) is 3.37. The van der Waals surface area contributed by atoms with E-state index >= 15 is 0 Å². The molecule has 0 bridgehead atoms. The first-order valence-corrected chi connectivity index (χ1v) is 6.05. The Bertz CT molecular complexity index is 525. The summed E-state index contributed by atoms with van der Waals surface area (Å²) in [6, 6.07) is 18.5. The summed E-state index contributed by atoms with van der Waals surface area (Å²) < 4.78 is 0. The summed E-state index contributed by atoms with van der Waals surface area (Å²) in [4.78, 5) is 6.74. The second kappa shape index (κ2) is 5.50. The van der Waals surface area contributed by atoms with Crippen LogP contribution in [-0.4, -0.2) is 24.8 Å². The van der Waals surface area contributed by atoms with E-state index in [-0.39, 0.29) is 0 Å². The molecule has 0 amide bonds. The van der Waals surface area contributed by atoms with Gasteiger partial charge in [-0.05, 0) is 19.1 Å².